The van der Waals surface area contributed by atoms with E-state index < -0.39 is 17.6 Å². The van der Waals surface area contributed by atoms with E-state index in [0.717, 1.165) is 41.1 Å². The lowest BCUT2D eigenvalue weighted by Crippen LogP contribution is -2.29. The molecule has 1 aromatic heterocycles. The van der Waals surface area contributed by atoms with E-state index >= 15 is 0 Å². The molecular formula is C28H31F4N5O2. The molecule has 0 aliphatic carbocycles. The number of benzene rings is 2. The molecule has 3 aromatic rings. The van der Waals surface area contributed by atoms with E-state index in [4.69, 9.17) is 10.6 Å². The zero-order chi connectivity index (χ0) is 28.8. The van der Waals surface area contributed by atoms with Gasteiger partial charge in [-0.2, -0.15) is 13.2 Å². The highest BCUT2D eigenvalue weighted by Gasteiger charge is 2.34. The number of nitrogens with one attached hydrogen (secondary N) is 1. The number of aryl methyl sites for hydroxylation is 1. The molecule has 2 amide bonds. The minimum absolute atomic E-state index is 0.0550. The third-order valence-electron chi connectivity index (χ3n) is 5.78. The van der Waals surface area contributed by atoms with E-state index in [1.165, 1.54) is 0 Å². The number of hydrazine groups is 1. The van der Waals surface area contributed by atoms with Gasteiger partial charge < -0.3 is 11.1 Å². The number of rotatable bonds is 11. The largest absolute Gasteiger partial charge is 0.419 e. The SMILES string of the molecule is CCCc1ccccc1C(CC/C=C(/c1ccncc1)N(N)c1ccc(C(F)(F)F)c(F)c1)NC=O.NC=O. The maximum atomic E-state index is 14.2. The first-order chi connectivity index (χ1) is 18.7. The van der Waals surface area contributed by atoms with Crippen molar-refractivity contribution in [2.45, 2.75) is 44.8 Å². The van der Waals surface area contributed by atoms with Gasteiger partial charge in [0.2, 0.25) is 12.8 Å². The van der Waals surface area contributed by atoms with Crippen LogP contribution in [0, 0.1) is 5.82 Å². The summed E-state index contributed by atoms with van der Waals surface area (Å²) in [5.41, 5.74) is 6.16. The predicted octanol–water partition coefficient (Wildman–Crippen LogP) is 5.28. The monoisotopic (exact) mass is 545 g/mol. The van der Waals surface area contributed by atoms with Crippen LogP contribution >= 0.6 is 0 Å². The normalized spacial score (nSPS) is 12.1. The Morgan fingerprint density at radius 1 is 1.10 bits per heavy atom. The summed E-state index contributed by atoms with van der Waals surface area (Å²) in [4.78, 5) is 23.9. The molecule has 0 bridgehead atoms. The lowest BCUT2D eigenvalue weighted by molar-refractivity contribution is -0.140. The van der Waals surface area contributed by atoms with Crippen molar-refractivity contribution in [2.24, 2.45) is 11.6 Å². The molecule has 0 aliphatic rings. The number of carbonyl (C=O) groups is 2. The molecular weight excluding hydrogens is 514 g/mol. The molecule has 0 radical (unpaired) electrons. The summed E-state index contributed by atoms with van der Waals surface area (Å²) in [5.74, 6) is 4.86. The van der Waals surface area contributed by atoms with Crippen LogP contribution in [0.25, 0.3) is 5.70 Å². The molecule has 0 saturated carbocycles. The Balaban J connectivity index is 0.00000170. The van der Waals surface area contributed by atoms with Crippen LogP contribution in [0.15, 0.2) is 73.1 Å². The predicted molar refractivity (Wildman–Crippen MR) is 142 cm³/mol. The van der Waals surface area contributed by atoms with Gasteiger partial charge in [-0.05, 0) is 60.7 Å². The van der Waals surface area contributed by atoms with Gasteiger partial charge in [-0.1, -0.05) is 43.7 Å². The van der Waals surface area contributed by atoms with E-state index in [2.05, 4.69) is 23.0 Å². The first kappa shape index (κ1) is 31.0. The Morgan fingerprint density at radius 2 is 1.77 bits per heavy atom. The number of alkyl halides is 3. The summed E-state index contributed by atoms with van der Waals surface area (Å²) in [6.07, 6.45) is 3.90. The number of allylic oxidation sites excluding steroid dienone is 1. The van der Waals surface area contributed by atoms with Gasteiger partial charge in [0.05, 0.1) is 23.0 Å². The molecule has 0 saturated heterocycles. The Hall–Kier alpha value is -4.25. The number of amides is 2. The number of nitrogens with zero attached hydrogens (tertiary/aromatic N) is 2. The molecule has 1 atom stereocenters. The summed E-state index contributed by atoms with van der Waals surface area (Å²) in [5, 5.41) is 4.02. The van der Waals surface area contributed by atoms with Gasteiger partial charge in [0, 0.05) is 18.0 Å². The molecule has 5 N–H and O–H groups in total. The maximum absolute atomic E-state index is 14.2. The molecule has 208 valence electrons. The molecule has 1 unspecified atom stereocenters. The van der Waals surface area contributed by atoms with Crippen LogP contribution in [-0.4, -0.2) is 17.8 Å². The summed E-state index contributed by atoms with van der Waals surface area (Å²) < 4.78 is 53.2. The van der Waals surface area contributed by atoms with Crippen molar-refractivity contribution >= 4 is 24.2 Å². The van der Waals surface area contributed by atoms with Crippen LogP contribution in [0.2, 0.25) is 0 Å². The molecule has 7 nitrogen and oxygen atoms in total. The molecule has 2 aromatic carbocycles. The summed E-state index contributed by atoms with van der Waals surface area (Å²) in [6.45, 7) is 2.09. The van der Waals surface area contributed by atoms with Gasteiger partial charge >= 0.3 is 6.18 Å². The number of pyridine rings is 1. The first-order valence-corrected chi connectivity index (χ1v) is 12.1. The zero-order valence-electron chi connectivity index (χ0n) is 21.4. The van der Waals surface area contributed by atoms with E-state index in [1.54, 1.807) is 24.5 Å². The topological polar surface area (TPSA) is 114 Å². The van der Waals surface area contributed by atoms with Crippen LogP contribution in [0.4, 0.5) is 23.2 Å². The van der Waals surface area contributed by atoms with Gasteiger partial charge in [0.25, 0.3) is 0 Å². The van der Waals surface area contributed by atoms with Gasteiger partial charge in [0.1, 0.15) is 5.82 Å². The van der Waals surface area contributed by atoms with Crippen molar-refractivity contribution < 1.29 is 27.2 Å². The zero-order valence-corrected chi connectivity index (χ0v) is 21.4. The smallest absolute Gasteiger partial charge is 0.372 e. The molecule has 0 spiro atoms. The Kier molecular flexibility index (Phi) is 12.1. The number of hydrogen-bond donors (Lipinski definition) is 3. The molecule has 0 aliphatic heterocycles. The lowest BCUT2D eigenvalue weighted by atomic mass is 9.94. The van der Waals surface area contributed by atoms with Gasteiger partial charge in [-0.15, -0.1) is 0 Å². The van der Waals surface area contributed by atoms with Crippen molar-refractivity contribution in [3.63, 3.8) is 0 Å². The standard InChI is InChI=1S/C27H28F4N4O.CH3NO/c1-2-6-19-7-3-4-8-22(19)25(34-18-36)9-5-10-26(20-13-15-33-16-14-20)35(32)21-11-12-23(24(28)17-21)27(29,30)31;2-1-3/h3-4,7-8,10-18,25H,2,5-6,9,32H2,1H3,(H,34,36);1H,(H2,2,3)/b26-10-;. The van der Waals surface area contributed by atoms with Crippen LogP contribution in [-0.2, 0) is 22.2 Å². The number of primary amides is 1. The quantitative estimate of drug-likeness (QED) is 0.131. The fraction of sp³-hybridized carbons (Fsp3) is 0.250. The van der Waals surface area contributed by atoms with Gasteiger partial charge in [-0.25, -0.2) is 10.2 Å². The second kappa shape index (κ2) is 15.2. The van der Waals surface area contributed by atoms with E-state index in [0.29, 0.717) is 36.6 Å². The first-order valence-electron chi connectivity index (χ1n) is 12.1. The minimum Gasteiger partial charge on any atom is -0.372 e. The van der Waals surface area contributed by atoms with Crippen molar-refractivity contribution in [1.29, 1.82) is 0 Å². The Bertz CT molecular complexity index is 1240. The van der Waals surface area contributed by atoms with Crippen molar-refractivity contribution in [3.05, 3.63) is 101 Å². The number of halogens is 4. The van der Waals surface area contributed by atoms with Crippen molar-refractivity contribution in [3.8, 4) is 0 Å². The Morgan fingerprint density at radius 3 is 2.36 bits per heavy atom. The third kappa shape index (κ3) is 8.92. The van der Waals surface area contributed by atoms with Crippen LogP contribution in [0.1, 0.15) is 54.5 Å². The van der Waals surface area contributed by atoms with Crippen LogP contribution in [0.3, 0.4) is 0 Å². The fourth-order valence-electron chi connectivity index (χ4n) is 4.07. The highest BCUT2D eigenvalue weighted by molar-refractivity contribution is 5.78. The minimum atomic E-state index is -4.81. The molecule has 1 heterocycles. The average molecular weight is 546 g/mol. The molecule has 0 fully saturated rings. The third-order valence-corrected chi connectivity index (χ3v) is 5.78. The lowest BCUT2D eigenvalue weighted by Gasteiger charge is -2.24. The molecule has 3 rings (SSSR count). The van der Waals surface area contributed by atoms with E-state index in [1.807, 2.05) is 30.3 Å². The second-order valence-electron chi connectivity index (χ2n) is 8.36. The highest BCUT2D eigenvalue weighted by Crippen LogP contribution is 2.34. The molecule has 39 heavy (non-hydrogen) atoms. The summed E-state index contributed by atoms with van der Waals surface area (Å²) >= 11 is 0. The van der Waals surface area contributed by atoms with Crippen molar-refractivity contribution in [1.82, 2.24) is 10.3 Å². The number of anilines is 1. The summed E-state index contributed by atoms with van der Waals surface area (Å²) in [7, 11) is 0. The van der Waals surface area contributed by atoms with Crippen molar-refractivity contribution in [2.75, 3.05) is 5.01 Å². The number of nitrogens with two attached hydrogens (primary N) is 2. The number of aromatic nitrogens is 1. The summed E-state index contributed by atoms with van der Waals surface area (Å²) in [6, 6.07) is 13.6. The maximum Gasteiger partial charge on any atom is 0.419 e. The number of hydrogen-bond acceptors (Lipinski definition) is 5. The molecule has 11 heteroatoms. The van der Waals surface area contributed by atoms with Crippen LogP contribution < -0.4 is 21.9 Å². The van der Waals surface area contributed by atoms with E-state index in [9.17, 15) is 22.4 Å². The highest BCUT2D eigenvalue weighted by atomic mass is 19.4. The van der Waals surface area contributed by atoms with Gasteiger partial charge in [-0.3, -0.25) is 19.6 Å². The van der Waals surface area contributed by atoms with Gasteiger partial charge in [0.15, 0.2) is 0 Å². The Labute approximate surface area is 224 Å². The second-order valence-corrected chi connectivity index (χ2v) is 8.36. The average Bonchev–Trinajstić information content (AvgIpc) is 2.91. The van der Waals surface area contributed by atoms with Crippen LogP contribution in [0.5, 0.6) is 0 Å². The fourth-order valence-corrected chi connectivity index (χ4v) is 4.07. The van der Waals surface area contributed by atoms with E-state index in [-0.39, 0.29) is 18.1 Å². The number of carbonyl (C=O) groups excluding carboxylic acids is 2.